The van der Waals surface area contributed by atoms with E-state index in [0.29, 0.717) is 5.69 Å². The average molecular weight is 313 g/mol. The molecule has 0 atom stereocenters. The number of nitrogens with one attached hydrogen (secondary N) is 2. The molecule has 0 unspecified atom stereocenters. The number of phenols is 1. The summed E-state index contributed by atoms with van der Waals surface area (Å²) in [5.41, 5.74) is 6.69. The second-order valence-electron chi connectivity index (χ2n) is 4.87. The minimum atomic E-state index is -0.928. The van der Waals surface area contributed by atoms with Crippen LogP contribution < -0.4 is 16.4 Å². The number of benzene rings is 2. The van der Waals surface area contributed by atoms with E-state index in [4.69, 9.17) is 5.73 Å². The van der Waals surface area contributed by atoms with Gasteiger partial charge in [-0.15, -0.1) is 0 Å². The average Bonchev–Trinajstić information content (AvgIpc) is 2.50. The van der Waals surface area contributed by atoms with Gasteiger partial charge in [-0.1, -0.05) is 6.07 Å². The Hall–Kier alpha value is -3.35. The topological polar surface area (TPSA) is 122 Å². The lowest BCUT2D eigenvalue weighted by atomic mass is 10.2. The fourth-order valence-corrected chi connectivity index (χ4v) is 1.83. The van der Waals surface area contributed by atoms with Gasteiger partial charge in [-0.3, -0.25) is 14.4 Å². The van der Waals surface area contributed by atoms with Gasteiger partial charge in [-0.25, -0.2) is 0 Å². The molecule has 0 spiro atoms. The summed E-state index contributed by atoms with van der Waals surface area (Å²) < 4.78 is 0. The van der Waals surface area contributed by atoms with Gasteiger partial charge >= 0.3 is 11.8 Å². The monoisotopic (exact) mass is 313 g/mol. The van der Waals surface area contributed by atoms with Crippen LogP contribution in [0, 0.1) is 6.92 Å². The quantitative estimate of drug-likeness (QED) is 0.505. The van der Waals surface area contributed by atoms with Crippen molar-refractivity contribution >= 4 is 29.1 Å². The summed E-state index contributed by atoms with van der Waals surface area (Å²) >= 11 is 0. The number of primary amides is 1. The number of nitrogens with two attached hydrogens (primary N) is 1. The van der Waals surface area contributed by atoms with E-state index < -0.39 is 17.7 Å². The van der Waals surface area contributed by atoms with Crippen molar-refractivity contribution in [3.05, 3.63) is 53.6 Å². The number of anilines is 2. The smallest absolute Gasteiger partial charge is 0.314 e. The summed E-state index contributed by atoms with van der Waals surface area (Å²) in [6.07, 6.45) is 0. The highest BCUT2D eigenvalue weighted by Crippen LogP contribution is 2.23. The third-order valence-corrected chi connectivity index (χ3v) is 3.03. The lowest BCUT2D eigenvalue weighted by Crippen LogP contribution is -2.29. The Kier molecular flexibility index (Phi) is 4.61. The van der Waals surface area contributed by atoms with Crippen molar-refractivity contribution in [3.8, 4) is 5.75 Å². The van der Waals surface area contributed by atoms with E-state index >= 15 is 0 Å². The third kappa shape index (κ3) is 4.07. The van der Waals surface area contributed by atoms with Crippen molar-refractivity contribution in [2.45, 2.75) is 6.92 Å². The molecule has 0 fully saturated rings. The molecule has 7 nitrogen and oxygen atoms in total. The first-order valence-corrected chi connectivity index (χ1v) is 6.68. The van der Waals surface area contributed by atoms with Gasteiger partial charge in [0, 0.05) is 11.3 Å². The number of amides is 3. The van der Waals surface area contributed by atoms with Gasteiger partial charge in [0.2, 0.25) is 5.91 Å². The van der Waals surface area contributed by atoms with Crippen molar-refractivity contribution in [3.63, 3.8) is 0 Å². The number of aromatic hydroxyl groups is 1. The molecule has 0 bridgehead atoms. The summed E-state index contributed by atoms with van der Waals surface area (Å²) in [5.74, 6) is -2.55. The molecule has 0 saturated carbocycles. The van der Waals surface area contributed by atoms with Gasteiger partial charge in [0.25, 0.3) is 0 Å². The van der Waals surface area contributed by atoms with E-state index in [-0.39, 0.29) is 17.0 Å². The standard InChI is InChI=1S/C16H15N3O4/c1-9-2-7-12(13(20)8-9)19-16(23)15(22)18-11-5-3-10(4-6-11)14(17)21/h2-8,20H,1H3,(H2,17,21)(H,18,22)(H,19,23). The van der Waals surface area contributed by atoms with Crippen molar-refractivity contribution in [2.24, 2.45) is 5.73 Å². The molecule has 0 aliphatic rings. The molecule has 5 N–H and O–H groups in total. The number of aryl methyl sites for hydroxylation is 1. The SMILES string of the molecule is Cc1ccc(NC(=O)C(=O)Nc2ccc(C(N)=O)cc2)c(O)c1. The lowest BCUT2D eigenvalue weighted by Gasteiger charge is -2.08. The van der Waals surface area contributed by atoms with E-state index in [1.807, 2.05) is 0 Å². The van der Waals surface area contributed by atoms with Gasteiger partial charge < -0.3 is 21.5 Å². The normalized spacial score (nSPS) is 9.96. The largest absolute Gasteiger partial charge is 0.506 e. The first kappa shape index (κ1) is 16.0. The molecule has 0 aromatic heterocycles. The van der Waals surface area contributed by atoms with E-state index in [1.165, 1.54) is 36.4 Å². The summed E-state index contributed by atoms with van der Waals surface area (Å²) in [5, 5.41) is 14.4. The molecule has 23 heavy (non-hydrogen) atoms. The maximum atomic E-state index is 11.8. The Morgan fingerprint density at radius 2 is 1.57 bits per heavy atom. The van der Waals surface area contributed by atoms with Crippen LogP contribution in [0.4, 0.5) is 11.4 Å². The Labute approximate surface area is 132 Å². The van der Waals surface area contributed by atoms with Crippen LogP contribution >= 0.6 is 0 Å². The predicted molar refractivity (Wildman–Crippen MR) is 85.1 cm³/mol. The first-order chi connectivity index (χ1) is 10.9. The highest BCUT2D eigenvalue weighted by molar-refractivity contribution is 6.43. The van der Waals surface area contributed by atoms with Crippen molar-refractivity contribution in [1.29, 1.82) is 0 Å². The van der Waals surface area contributed by atoms with E-state index in [0.717, 1.165) is 5.56 Å². The Bertz CT molecular complexity index is 769. The first-order valence-electron chi connectivity index (χ1n) is 6.68. The number of phenolic OH excluding ortho intramolecular Hbond substituents is 1. The summed E-state index contributed by atoms with van der Waals surface area (Å²) in [7, 11) is 0. The van der Waals surface area contributed by atoms with Crippen molar-refractivity contribution in [2.75, 3.05) is 10.6 Å². The Morgan fingerprint density at radius 3 is 2.13 bits per heavy atom. The summed E-state index contributed by atoms with van der Waals surface area (Å²) in [4.78, 5) is 34.6. The molecule has 2 aromatic rings. The molecular weight excluding hydrogens is 298 g/mol. The summed E-state index contributed by atoms with van der Waals surface area (Å²) in [6.45, 7) is 1.79. The molecule has 0 saturated heterocycles. The lowest BCUT2D eigenvalue weighted by molar-refractivity contribution is -0.133. The highest BCUT2D eigenvalue weighted by atomic mass is 16.3. The molecule has 118 valence electrons. The van der Waals surface area contributed by atoms with Crippen LogP contribution in [0.15, 0.2) is 42.5 Å². The number of carbonyl (C=O) groups excluding carboxylic acids is 3. The summed E-state index contributed by atoms with van der Waals surface area (Å²) in [6, 6.07) is 10.4. The van der Waals surface area contributed by atoms with E-state index in [1.54, 1.807) is 13.0 Å². The van der Waals surface area contributed by atoms with E-state index in [9.17, 15) is 19.5 Å². The van der Waals surface area contributed by atoms with Crippen LogP contribution in [-0.2, 0) is 9.59 Å². The zero-order chi connectivity index (χ0) is 17.0. The minimum Gasteiger partial charge on any atom is -0.506 e. The maximum absolute atomic E-state index is 11.8. The van der Waals surface area contributed by atoms with Crippen molar-refractivity contribution < 1.29 is 19.5 Å². The molecule has 0 heterocycles. The molecule has 7 heteroatoms. The van der Waals surface area contributed by atoms with Crippen molar-refractivity contribution in [1.82, 2.24) is 0 Å². The highest BCUT2D eigenvalue weighted by Gasteiger charge is 2.15. The molecule has 3 amide bonds. The van der Waals surface area contributed by atoms with Gasteiger partial charge in [0.15, 0.2) is 0 Å². The van der Waals surface area contributed by atoms with Crippen LogP contribution in [0.25, 0.3) is 0 Å². The molecular formula is C16H15N3O4. The van der Waals surface area contributed by atoms with Crippen LogP contribution in [-0.4, -0.2) is 22.8 Å². The Morgan fingerprint density at radius 1 is 0.957 bits per heavy atom. The Balaban J connectivity index is 2.02. The molecule has 2 rings (SSSR count). The van der Waals surface area contributed by atoms with Crippen LogP contribution in [0.5, 0.6) is 5.75 Å². The van der Waals surface area contributed by atoms with Gasteiger partial charge in [0.1, 0.15) is 5.75 Å². The fourth-order valence-electron chi connectivity index (χ4n) is 1.83. The number of hydrogen-bond acceptors (Lipinski definition) is 4. The molecule has 0 aliphatic carbocycles. The maximum Gasteiger partial charge on any atom is 0.314 e. The fraction of sp³-hybridized carbons (Fsp3) is 0.0625. The number of hydrogen-bond donors (Lipinski definition) is 4. The van der Waals surface area contributed by atoms with Gasteiger partial charge in [-0.2, -0.15) is 0 Å². The minimum absolute atomic E-state index is 0.128. The molecule has 0 radical (unpaired) electrons. The number of carbonyl (C=O) groups is 3. The van der Waals surface area contributed by atoms with Gasteiger partial charge in [-0.05, 0) is 48.9 Å². The van der Waals surface area contributed by atoms with Crippen LogP contribution in [0.3, 0.4) is 0 Å². The predicted octanol–water partition coefficient (Wildman–Crippen LogP) is 1.38. The van der Waals surface area contributed by atoms with Gasteiger partial charge in [0.05, 0.1) is 5.69 Å². The number of rotatable bonds is 3. The van der Waals surface area contributed by atoms with Crippen LogP contribution in [0.2, 0.25) is 0 Å². The third-order valence-electron chi connectivity index (χ3n) is 3.03. The van der Waals surface area contributed by atoms with Crippen LogP contribution in [0.1, 0.15) is 15.9 Å². The zero-order valence-corrected chi connectivity index (χ0v) is 12.3. The molecule has 2 aromatic carbocycles. The zero-order valence-electron chi connectivity index (χ0n) is 12.3. The van der Waals surface area contributed by atoms with E-state index in [2.05, 4.69) is 10.6 Å². The second kappa shape index (κ2) is 6.61. The second-order valence-corrected chi connectivity index (χ2v) is 4.87. The molecule has 0 aliphatic heterocycles.